The highest BCUT2D eigenvalue weighted by Gasteiger charge is 2.37. The van der Waals surface area contributed by atoms with Crippen LogP contribution in [0.3, 0.4) is 0 Å². The number of rotatable bonds is 5. The second-order valence-corrected chi connectivity index (χ2v) is 12.0. The Hall–Kier alpha value is -1.13. The minimum absolute atomic E-state index is 0.114. The molecule has 2 aromatic rings. The van der Waals surface area contributed by atoms with Gasteiger partial charge in [0.15, 0.2) is 13.7 Å². The van der Waals surface area contributed by atoms with Crippen LogP contribution in [0.4, 0.5) is 13.2 Å². The Morgan fingerprint density at radius 1 is 0.833 bits per heavy atom. The van der Waals surface area contributed by atoms with E-state index in [2.05, 4.69) is 84.0 Å². The molecule has 0 saturated heterocycles. The van der Waals surface area contributed by atoms with Crippen LogP contribution in [0.25, 0.3) is 0 Å². The van der Waals surface area contributed by atoms with E-state index in [1.165, 1.54) is 9.13 Å². The third-order valence-corrected chi connectivity index (χ3v) is 7.98. The highest BCUT2D eigenvalue weighted by atomic mass is 127. The van der Waals surface area contributed by atoms with E-state index in [9.17, 15) is 13.2 Å². The molecule has 0 aliphatic heterocycles. The van der Waals surface area contributed by atoms with Crippen LogP contribution in [0.1, 0.15) is 76.0 Å². The summed E-state index contributed by atoms with van der Waals surface area (Å²) < 4.78 is 62.1. The zero-order valence-corrected chi connectivity index (χ0v) is 20.9. The molecule has 0 saturated carbocycles. The van der Waals surface area contributed by atoms with Crippen molar-refractivity contribution in [3.63, 3.8) is 0 Å². The zero-order chi connectivity index (χ0) is 23.3. The van der Waals surface area contributed by atoms with Gasteiger partial charge in [0.25, 0.3) is 0 Å². The average Bonchev–Trinajstić information content (AvgIpc) is 2.60. The first-order valence-electron chi connectivity index (χ1n) is 9.54. The first-order chi connectivity index (χ1) is 13.6. The van der Waals surface area contributed by atoms with E-state index in [-0.39, 0.29) is 21.2 Å². The van der Waals surface area contributed by atoms with Crippen molar-refractivity contribution in [2.24, 2.45) is 0 Å². The Morgan fingerprint density at radius 2 is 1.23 bits per heavy atom. The normalized spacial score (nSPS) is 12.3. The molecule has 0 atom stereocenters. The predicted octanol–water partition coefficient (Wildman–Crippen LogP) is 3.24. The molecule has 0 spiro atoms. The van der Waals surface area contributed by atoms with Crippen molar-refractivity contribution in [3.8, 4) is 0 Å². The Bertz CT molecular complexity index is 893. The SMILES string of the molecule is CC(C)c1cc(C(C)C)c([I+]c2ccccc2)c(C(C)C)c1.O=S(=O)([O-])C(F)(F)F. The maximum Gasteiger partial charge on any atom is 0.485 e. The molecule has 0 aromatic heterocycles. The van der Waals surface area contributed by atoms with Gasteiger partial charge in [-0.15, -0.1) is 0 Å². The van der Waals surface area contributed by atoms with Gasteiger partial charge in [0.2, 0.25) is 3.57 Å². The second-order valence-electron chi connectivity index (χ2n) is 7.77. The Kier molecular flexibility index (Phi) is 9.82. The molecule has 0 N–H and O–H groups in total. The van der Waals surface area contributed by atoms with Crippen LogP contribution < -0.4 is 21.2 Å². The quantitative estimate of drug-likeness (QED) is 0.323. The topological polar surface area (TPSA) is 57.2 Å². The molecule has 8 heteroatoms. The van der Waals surface area contributed by atoms with Crippen molar-refractivity contribution in [1.29, 1.82) is 0 Å². The van der Waals surface area contributed by atoms with Crippen molar-refractivity contribution in [1.82, 2.24) is 0 Å². The molecule has 0 aliphatic carbocycles. The minimum atomic E-state index is -6.09. The van der Waals surface area contributed by atoms with Crippen LogP contribution in [-0.2, 0) is 10.1 Å². The lowest BCUT2D eigenvalue weighted by atomic mass is 9.90. The van der Waals surface area contributed by atoms with Crippen molar-refractivity contribution < 1.29 is 47.3 Å². The van der Waals surface area contributed by atoms with Crippen LogP contribution in [0.15, 0.2) is 42.5 Å². The molecule has 2 rings (SSSR count). The molecular weight excluding hydrogens is 528 g/mol. The van der Waals surface area contributed by atoms with Gasteiger partial charge in [-0.1, -0.05) is 71.9 Å². The molecule has 30 heavy (non-hydrogen) atoms. The van der Waals surface area contributed by atoms with Crippen molar-refractivity contribution >= 4 is 10.1 Å². The number of hydrogen-bond acceptors (Lipinski definition) is 3. The van der Waals surface area contributed by atoms with Crippen molar-refractivity contribution in [2.45, 2.75) is 64.8 Å². The van der Waals surface area contributed by atoms with Crippen LogP contribution in [-0.4, -0.2) is 18.5 Å². The number of alkyl halides is 3. The average molecular weight is 556 g/mol. The summed E-state index contributed by atoms with van der Waals surface area (Å²) >= 11 is -0.114. The number of benzene rings is 2. The van der Waals surface area contributed by atoms with Crippen LogP contribution >= 0.6 is 0 Å². The second kappa shape index (κ2) is 10.9. The van der Waals surface area contributed by atoms with Gasteiger partial charge in [0, 0.05) is 11.1 Å². The third-order valence-electron chi connectivity index (χ3n) is 4.28. The summed E-state index contributed by atoms with van der Waals surface area (Å²) in [7, 11) is -6.09. The number of hydrogen-bond donors (Lipinski definition) is 0. The first-order valence-corrected chi connectivity index (χ1v) is 13.1. The molecule has 0 unspecified atom stereocenters. The van der Waals surface area contributed by atoms with Gasteiger partial charge >= 0.3 is 26.7 Å². The van der Waals surface area contributed by atoms with E-state index in [0.717, 1.165) is 0 Å². The van der Waals surface area contributed by atoms with Gasteiger partial charge in [0.1, 0.15) is 0 Å². The standard InChI is InChI=1S/C21H28I.CHF3O3S/c1-14(2)17-12-19(15(3)4)21(20(13-17)16(5)6)22-18-10-8-7-9-11-18;2-1(3,4)8(5,6)7/h7-16H,1-6H3;(H,5,6,7)/q+1;/p-1. The molecule has 2 aromatic carbocycles. The largest absolute Gasteiger partial charge is 0.741 e. The summed E-state index contributed by atoms with van der Waals surface area (Å²) in [5.74, 6) is 1.78. The fourth-order valence-electron chi connectivity index (χ4n) is 2.56. The predicted molar refractivity (Wildman–Crippen MR) is 108 cm³/mol. The lowest BCUT2D eigenvalue weighted by Gasteiger charge is -2.17. The molecule has 0 bridgehead atoms. The van der Waals surface area contributed by atoms with Crippen LogP contribution in [0.5, 0.6) is 0 Å². The van der Waals surface area contributed by atoms with Gasteiger partial charge in [-0.05, 0) is 35.4 Å². The molecule has 0 aliphatic rings. The fraction of sp³-hybridized carbons (Fsp3) is 0.455. The van der Waals surface area contributed by atoms with E-state index in [0.29, 0.717) is 17.8 Å². The molecule has 168 valence electrons. The molecule has 0 heterocycles. The fourth-order valence-corrected chi connectivity index (χ4v) is 6.14. The monoisotopic (exact) mass is 556 g/mol. The maximum absolute atomic E-state index is 10.7. The van der Waals surface area contributed by atoms with E-state index in [1.807, 2.05) is 0 Å². The van der Waals surface area contributed by atoms with E-state index < -0.39 is 15.6 Å². The van der Waals surface area contributed by atoms with Crippen LogP contribution in [0, 0.1) is 7.14 Å². The minimum Gasteiger partial charge on any atom is -0.741 e. The summed E-state index contributed by atoms with van der Waals surface area (Å²) in [6.07, 6.45) is 0. The summed E-state index contributed by atoms with van der Waals surface area (Å²) in [4.78, 5) is 0. The maximum atomic E-state index is 10.7. The molecule has 3 nitrogen and oxygen atoms in total. The Balaban J connectivity index is 0.000000479. The van der Waals surface area contributed by atoms with Gasteiger partial charge < -0.3 is 4.55 Å². The Morgan fingerprint density at radius 3 is 1.53 bits per heavy atom. The summed E-state index contributed by atoms with van der Waals surface area (Å²) in [5.41, 5.74) is -1.00. The summed E-state index contributed by atoms with van der Waals surface area (Å²) in [5, 5.41) is 0. The first kappa shape index (κ1) is 26.9. The summed E-state index contributed by atoms with van der Waals surface area (Å²) in [6.45, 7) is 13.9. The highest BCUT2D eigenvalue weighted by molar-refractivity contribution is 7.86. The lowest BCUT2D eigenvalue weighted by Crippen LogP contribution is -3.62. The smallest absolute Gasteiger partial charge is 0.485 e. The molecule has 0 radical (unpaired) electrons. The van der Waals surface area contributed by atoms with Crippen molar-refractivity contribution in [3.05, 3.63) is 66.3 Å². The van der Waals surface area contributed by atoms with E-state index >= 15 is 0 Å². The third kappa shape index (κ3) is 7.85. The zero-order valence-electron chi connectivity index (χ0n) is 17.9. The molecule has 0 fully saturated rings. The van der Waals surface area contributed by atoms with E-state index in [1.54, 1.807) is 14.7 Å². The highest BCUT2D eigenvalue weighted by Crippen LogP contribution is 2.27. The van der Waals surface area contributed by atoms with Gasteiger partial charge in [-0.25, -0.2) is 8.42 Å². The van der Waals surface area contributed by atoms with E-state index in [4.69, 9.17) is 13.0 Å². The lowest BCUT2D eigenvalue weighted by molar-refractivity contribution is -0.599. The van der Waals surface area contributed by atoms with Gasteiger partial charge in [-0.2, -0.15) is 13.2 Å². The van der Waals surface area contributed by atoms with Crippen LogP contribution in [0.2, 0.25) is 0 Å². The molecular formula is C22H28F3IO3S. The number of halogens is 4. The molecule has 0 amide bonds. The van der Waals surface area contributed by atoms with Gasteiger partial charge in [-0.3, -0.25) is 0 Å². The van der Waals surface area contributed by atoms with Gasteiger partial charge in [0.05, 0.1) is 0 Å². The Labute approximate surface area is 188 Å². The summed E-state index contributed by atoms with van der Waals surface area (Å²) in [6, 6.07) is 16.0. The van der Waals surface area contributed by atoms with Crippen molar-refractivity contribution in [2.75, 3.05) is 0 Å².